The van der Waals surface area contributed by atoms with Crippen molar-refractivity contribution in [2.24, 2.45) is 5.92 Å². The first-order chi connectivity index (χ1) is 9.09. The first kappa shape index (κ1) is 12.7. The Morgan fingerprint density at radius 2 is 1.89 bits per heavy atom. The zero-order chi connectivity index (χ0) is 13.5. The monoisotopic (exact) mass is 279 g/mol. The average molecular weight is 279 g/mol. The highest BCUT2D eigenvalue weighted by Crippen LogP contribution is 2.41. The van der Waals surface area contributed by atoms with Crippen LogP contribution < -0.4 is 5.32 Å². The normalized spacial score (nSPS) is 29.4. The van der Waals surface area contributed by atoms with E-state index < -0.39 is 9.84 Å². The summed E-state index contributed by atoms with van der Waals surface area (Å²) in [5, 5.41) is 2.90. The minimum Gasteiger partial charge on any atom is -0.356 e. The number of nitrogens with one attached hydrogen (secondary N) is 1. The van der Waals surface area contributed by atoms with E-state index in [2.05, 4.69) is 5.32 Å². The molecule has 19 heavy (non-hydrogen) atoms. The van der Waals surface area contributed by atoms with Gasteiger partial charge in [-0.2, -0.15) is 0 Å². The van der Waals surface area contributed by atoms with Gasteiger partial charge in [0.05, 0.1) is 10.6 Å². The maximum absolute atomic E-state index is 12.2. The molecule has 2 heterocycles. The summed E-state index contributed by atoms with van der Waals surface area (Å²) in [6, 6.07) is 7.09. The number of sulfone groups is 1. The summed E-state index contributed by atoms with van der Waals surface area (Å²) in [6.07, 6.45) is 2.73. The van der Waals surface area contributed by atoms with Crippen molar-refractivity contribution in [1.82, 2.24) is 5.32 Å². The third-order valence-electron chi connectivity index (χ3n) is 4.12. The smallest absolute Gasteiger partial charge is 0.223 e. The fourth-order valence-corrected chi connectivity index (χ4v) is 5.09. The second-order valence-corrected chi connectivity index (χ2v) is 7.32. The average Bonchev–Trinajstić information content (AvgIpc) is 2.53. The predicted molar refractivity (Wildman–Crippen MR) is 71.6 cm³/mol. The van der Waals surface area contributed by atoms with E-state index in [1.807, 2.05) is 12.1 Å². The molecule has 1 aromatic carbocycles. The molecular formula is C14H17NO3S. The largest absolute Gasteiger partial charge is 0.356 e. The zero-order valence-corrected chi connectivity index (χ0v) is 11.4. The van der Waals surface area contributed by atoms with Crippen molar-refractivity contribution in [2.45, 2.75) is 30.1 Å². The van der Waals surface area contributed by atoms with Crippen molar-refractivity contribution in [3.05, 3.63) is 29.8 Å². The molecule has 1 fully saturated rings. The van der Waals surface area contributed by atoms with Gasteiger partial charge in [-0.05, 0) is 24.5 Å². The van der Waals surface area contributed by atoms with Gasteiger partial charge in [-0.25, -0.2) is 8.42 Å². The molecule has 0 aromatic heterocycles. The van der Waals surface area contributed by atoms with Gasteiger partial charge in [0.2, 0.25) is 5.91 Å². The molecule has 2 atom stereocenters. The molecule has 0 spiro atoms. The van der Waals surface area contributed by atoms with Gasteiger partial charge in [0.25, 0.3) is 0 Å². The fraction of sp³-hybridized carbons (Fsp3) is 0.500. The topological polar surface area (TPSA) is 63.2 Å². The maximum atomic E-state index is 12.2. The molecule has 0 bridgehead atoms. The van der Waals surface area contributed by atoms with E-state index in [1.54, 1.807) is 12.1 Å². The molecular weight excluding hydrogens is 262 g/mol. The molecule has 0 saturated carbocycles. The molecule has 102 valence electrons. The van der Waals surface area contributed by atoms with Crippen LogP contribution in [0.25, 0.3) is 0 Å². The van der Waals surface area contributed by atoms with E-state index in [9.17, 15) is 13.2 Å². The van der Waals surface area contributed by atoms with Gasteiger partial charge < -0.3 is 5.32 Å². The van der Waals surface area contributed by atoms with Crippen molar-refractivity contribution in [3.8, 4) is 0 Å². The Hall–Kier alpha value is -1.36. The summed E-state index contributed by atoms with van der Waals surface area (Å²) in [6.45, 7) is 0.705. The number of amides is 1. The van der Waals surface area contributed by atoms with Crippen molar-refractivity contribution in [2.75, 3.05) is 12.3 Å². The van der Waals surface area contributed by atoms with Crippen LogP contribution in [-0.4, -0.2) is 26.6 Å². The molecule has 4 nitrogen and oxygen atoms in total. The summed E-state index contributed by atoms with van der Waals surface area (Å²) in [7, 11) is -3.22. The Bertz CT molecular complexity index is 609. The Morgan fingerprint density at radius 3 is 2.74 bits per heavy atom. The molecule has 5 heteroatoms. The van der Waals surface area contributed by atoms with Crippen LogP contribution in [0.2, 0.25) is 0 Å². The van der Waals surface area contributed by atoms with Crippen LogP contribution in [0.3, 0.4) is 0 Å². The van der Waals surface area contributed by atoms with Crippen LogP contribution in [0.4, 0.5) is 0 Å². The Kier molecular flexibility index (Phi) is 3.09. The van der Waals surface area contributed by atoms with E-state index in [4.69, 9.17) is 0 Å². The van der Waals surface area contributed by atoms with Crippen LogP contribution in [0.15, 0.2) is 29.2 Å². The molecule has 1 N–H and O–H groups in total. The Labute approximate surface area is 113 Å². The Balaban J connectivity index is 2.01. The van der Waals surface area contributed by atoms with Crippen molar-refractivity contribution >= 4 is 15.7 Å². The van der Waals surface area contributed by atoms with E-state index in [-0.39, 0.29) is 23.5 Å². The molecule has 2 aliphatic heterocycles. The van der Waals surface area contributed by atoms with Crippen LogP contribution in [0.5, 0.6) is 0 Å². The lowest BCUT2D eigenvalue weighted by Gasteiger charge is -2.20. The minimum absolute atomic E-state index is 0.00871. The van der Waals surface area contributed by atoms with Gasteiger partial charge in [0, 0.05) is 18.4 Å². The number of hydrogen-bond donors (Lipinski definition) is 1. The third kappa shape index (κ3) is 2.16. The number of carbonyl (C=O) groups excluding carboxylic acids is 1. The molecule has 1 amide bonds. The second kappa shape index (κ2) is 4.63. The zero-order valence-electron chi connectivity index (χ0n) is 10.6. The van der Waals surface area contributed by atoms with E-state index in [1.165, 1.54) is 0 Å². The molecule has 2 unspecified atom stereocenters. The highest BCUT2D eigenvalue weighted by molar-refractivity contribution is 7.91. The van der Waals surface area contributed by atoms with E-state index in [0.717, 1.165) is 24.8 Å². The number of rotatable bonds is 1. The fourth-order valence-electron chi connectivity index (χ4n) is 3.17. The summed E-state index contributed by atoms with van der Waals surface area (Å²) in [5.74, 6) is -0.306. The number of hydrogen-bond acceptors (Lipinski definition) is 3. The van der Waals surface area contributed by atoms with Gasteiger partial charge in [0.1, 0.15) is 0 Å². The van der Waals surface area contributed by atoms with Gasteiger partial charge in [-0.15, -0.1) is 0 Å². The van der Waals surface area contributed by atoms with Gasteiger partial charge in [0.15, 0.2) is 9.84 Å². The molecule has 0 radical (unpaired) electrons. The first-order valence-electron chi connectivity index (χ1n) is 6.69. The number of carbonyl (C=O) groups is 1. The van der Waals surface area contributed by atoms with Crippen LogP contribution in [0.1, 0.15) is 30.7 Å². The lowest BCUT2D eigenvalue weighted by atomic mass is 9.84. The molecule has 0 aliphatic carbocycles. The Morgan fingerprint density at radius 1 is 1.11 bits per heavy atom. The summed E-state index contributed by atoms with van der Waals surface area (Å²) < 4.78 is 24.3. The third-order valence-corrected chi connectivity index (χ3v) is 5.96. The summed E-state index contributed by atoms with van der Waals surface area (Å²) >= 11 is 0. The molecule has 3 rings (SSSR count). The lowest BCUT2D eigenvalue weighted by Crippen LogP contribution is -2.33. The molecule has 2 aliphatic rings. The quantitative estimate of drug-likeness (QED) is 0.847. The number of fused-ring (bicyclic) bond motifs is 1. The van der Waals surface area contributed by atoms with Gasteiger partial charge in [-0.1, -0.05) is 24.6 Å². The van der Waals surface area contributed by atoms with E-state index >= 15 is 0 Å². The number of benzene rings is 1. The highest BCUT2D eigenvalue weighted by Gasteiger charge is 2.41. The van der Waals surface area contributed by atoms with E-state index in [0.29, 0.717) is 11.4 Å². The lowest BCUT2D eigenvalue weighted by molar-refractivity contribution is -0.125. The van der Waals surface area contributed by atoms with Crippen molar-refractivity contribution < 1.29 is 13.2 Å². The first-order valence-corrected chi connectivity index (χ1v) is 8.34. The van der Waals surface area contributed by atoms with Crippen LogP contribution in [0, 0.1) is 5.92 Å². The highest BCUT2D eigenvalue weighted by atomic mass is 32.2. The SMILES string of the molecule is O=C1NCCCCC1C1CS(=O)(=O)c2ccccc21. The molecule has 1 saturated heterocycles. The maximum Gasteiger partial charge on any atom is 0.223 e. The van der Waals surface area contributed by atoms with Crippen molar-refractivity contribution in [3.63, 3.8) is 0 Å². The van der Waals surface area contributed by atoms with Crippen molar-refractivity contribution in [1.29, 1.82) is 0 Å². The molecule has 1 aromatic rings. The van der Waals surface area contributed by atoms with Crippen LogP contribution >= 0.6 is 0 Å². The second-order valence-electron chi connectivity index (χ2n) is 5.32. The van der Waals surface area contributed by atoms with Gasteiger partial charge in [-0.3, -0.25) is 4.79 Å². The minimum atomic E-state index is -3.22. The summed E-state index contributed by atoms with van der Waals surface area (Å²) in [5.41, 5.74) is 0.824. The predicted octanol–water partition coefficient (Wildman–Crippen LogP) is 1.47. The van der Waals surface area contributed by atoms with Crippen LogP contribution in [-0.2, 0) is 14.6 Å². The van der Waals surface area contributed by atoms with Gasteiger partial charge >= 0.3 is 0 Å². The summed E-state index contributed by atoms with van der Waals surface area (Å²) in [4.78, 5) is 12.5. The standard InChI is InChI=1S/C14H17NO3S/c16-14-11(6-3-4-8-15-14)12-9-19(17,18)13-7-2-1-5-10(12)13/h1-2,5,7,11-12H,3-4,6,8-9H2,(H,15,16).